The van der Waals surface area contributed by atoms with Crippen LogP contribution in [0.1, 0.15) is 24.2 Å². The van der Waals surface area contributed by atoms with Gasteiger partial charge < -0.3 is 10.1 Å². The number of methoxy groups -OCH3 is 1. The summed E-state index contributed by atoms with van der Waals surface area (Å²) in [7, 11) is -2.48. The van der Waals surface area contributed by atoms with Crippen LogP contribution in [0.15, 0.2) is 27.4 Å². The Hall–Kier alpha value is -1.85. The Kier molecular flexibility index (Phi) is 6.62. The van der Waals surface area contributed by atoms with E-state index in [9.17, 15) is 13.2 Å². The van der Waals surface area contributed by atoms with E-state index in [1.54, 1.807) is 6.92 Å². The Morgan fingerprint density at radius 1 is 1.32 bits per heavy atom. The second kappa shape index (κ2) is 8.50. The van der Waals surface area contributed by atoms with E-state index in [4.69, 9.17) is 4.74 Å². The van der Waals surface area contributed by atoms with Crippen molar-refractivity contribution in [3.8, 4) is 5.75 Å². The Morgan fingerprint density at radius 2 is 2.08 bits per heavy atom. The van der Waals surface area contributed by atoms with Gasteiger partial charge in [0.15, 0.2) is 4.34 Å². The number of aromatic nitrogens is 2. The van der Waals surface area contributed by atoms with Crippen molar-refractivity contribution in [1.29, 1.82) is 0 Å². The first kappa shape index (κ1) is 19.5. The molecular formula is C14H18N4O4S3. The molecule has 0 spiro atoms. The summed E-state index contributed by atoms with van der Waals surface area (Å²) in [5, 5.41) is 10.5. The van der Waals surface area contributed by atoms with Gasteiger partial charge in [-0.3, -0.25) is 9.52 Å². The summed E-state index contributed by atoms with van der Waals surface area (Å²) in [6.07, 6.45) is 0. The van der Waals surface area contributed by atoms with Crippen molar-refractivity contribution in [2.24, 2.45) is 0 Å². The zero-order chi connectivity index (χ0) is 18.4. The molecule has 0 atom stereocenters. The molecule has 0 bridgehead atoms. The molecular weight excluding hydrogens is 384 g/mol. The molecule has 1 aromatic heterocycles. The molecule has 25 heavy (non-hydrogen) atoms. The third-order valence-electron chi connectivity index (χ3n) is 2.96. The number of amides is 1. The highest BCUT2D eigenvalue weighted by Crippen LogP contribution is 2.28. The van der Waals surface area contributed by atoms with E-state index < -0.39 is 15.9 Å². The lowest BCUT2D eigenvalue weighted by molar-refractivity contribution is 0.0952. The summed E-state index contributed by atoms with van der Waals surface area (Å²) in [5.41, 5.74) is 0.145. The van der Waals surface area contributed by atoms with Gasteiger partial charge in [0.2, 0.25) is 5.13 Å². The second-order valence-electron chi connectivity index (χ2n) is 4.63. The van der Waals surface area contributed by atoms with Gasteiger partial charge in [0.1, 0.15) is 5.75 Å². The fourth-order valence-electron chi connectivity index (χ4n) is 1.89. The van der Waals surface area contributed by atoms with E-state index in [0.29, 0.717) is 16.6 Å². The molecule has 0 unspecified atom stereocenters. The summed E-state index contributed by atoms with van der Waals surface area (Å²) >= 11 is 2.63. The average Bonchev–Trinajstić information content (AvgIpc) is 3.01. The van der Waals surface area contributed by atoms with Crippen LogP contribution in [0.4, 0.5) is 5.13 Å². The first-order chi connectivity index (χ1) is 11.9. The number of carbonyl (C=O) groups is 1. The number of hydrogen-bond donors (Lipinski definition) is 2. The van der Waals surface area contributed by atoms with Gasteiger partial charge in [-0.2, -0.15) is 0 Å². The van der Waals surface area contributed by atoms with E-state index in [1.807, 2.05) is 6.92 Å². The first-order valence-electron chi connectivity index (χ1n) is 7.36. The molecule has 2 aromatic rings. The van der Waals surface area contributed by atoms with E-state index in [1.165, 1.54) is 37.1 Å². The molecule has 2 N–H and O–H groups in total. The van der Waals surface area contributed by atoms with Crippen LogP contribution in [0.25, 0.3) is 0 Å². The number of nitrogens with zero attached hydrogens (tertiary/aromatic N) is 2. The SMILES string of the molecule is CCNC(=O)c1cc(S(=O)(=O)Nc2nnc(SCC)s2)ccc1OC. The number of sulfonamides is 1. The maximum absolute atomic E-state index is 12.5. The number of ether oxygens (including phenoxy) is 1. The van der Waals surface area contributed by atoms with E-state index in [-0.39, 0.29) is 15.6 Å². The molecule has 136 valence electrons. The van der Waals surface area contributed by atoms with Crippen LogP contribution < -0.4 is 14.8 Å². The molecule has 0 aliphatic heterocycles. The number of rotatable bonds is 8. The molecule has 11 heteroatoms. The minimum Gasteiger partial charge on any atom is -0.496 e. The van der Waals surface area contributed by atoms with Crippen molar-refractivity contribution in [2.75, 3.05) is 24.1 Å². The predicted molar refractivity (Wildman–Crippen MR) is 98.1 cm³/mol. The summed E-state index contributed by atoms with van der Waals surface area (Å²) < 4.78 is 33.3. The standard InChI is InChI=1S/C14H18N4O4S3/c1-4-15-12(19)10-8-9(6-7-11(10)22-3)25(20,21)18-13-16-17-14(24-13)23-5-2/h6-8H,4-5H2,1-3H3,(H,15,19)(H,16,18). The fourth-order valence-corrected chi connectivity index (χ4v) is 4.80. The van der Waals surface area contributed by atoms with Crippen LogP contribution in [0.3, 0.4) is 0 Å². The van der Waals surface area contributed by atoms with Gasteiger partial charge in [-0.25, -0.2) is 8.42 Å². The Balaban J connectivity index is 2.31. The molecule has 1 heterocycles. The van der Waals surface area contributed by atoms with Gasteiger partial charge in [-0.05, 0) is 30.9 Å². The van der Waals surface area contributed by atoms with Gasteiger partial charge in [-0.1, -0.05) is 30.0 Å². The third kappa shape index (κ3) is 4.83. The summed E-state index contributed by atoms with van der Waals surface area (Å²) in [4.78, 5) is 12.0. The summed E-state index contributed by atoms with van der Waals surface area (Å²) in [6.45, 7) is 4.16. The van der Waals surface area contributed by atoms with E-state index in [2.05, 4.69) is 20.2 Å². The lowest BCUT2D eigenvalue weighted by atomic mass is 10.2. The number of benzene rings is 1. The number of carbonyl (C=O) groups excluding carboxylic acids is 1. The highest BCUT2D eigenvalue weighted by Gasteiger charge is 2.21. The molecule has 8 nitrogen and oxygen atoms in total. The molecule has 0 aliphatic carbocycles. The maximum Gasteiger partial charge on any atom is 0.263 e. The lowest BCUT2D eigenvalue weighted by Crippen LogP contribution is -2.24. The number of thioether (sulfide) groups is 1. The Labute approximate surface area is 154 Å². The van der Waals surface area contributed by atoms with Crippen LogP contribution in [0.5, 0.6) is 5.75 Å². The van der Waals surface area contributed by atoms with Crippen LogP contribution in [-0.4, -0.2) is 43.9 Å². The van der Waals surface area contributed by atoms with Crippen molar-refractivity contribution >= 4 is 44.2 Å². The zero-order valence-electron chi connectivity index (χ0n) is 13.9. The first-order valence-corrected chi connectivity index (χ1v) is 10.6. The van der Waals surface area contributed by atoms with Gasteiger partial charge in [0.05, 0.1) is 17.6 Å². The normalized spacial score (nSPS) is 11.2. The average molecular weight is 403 g/mol. The quantitative estimate of drug-likeness (QED) is 0.651. The van der Waals surface area contributed by atoms with Crippen LogP contribution in [-0.2, 0) is 10.0 Å². The van der Waals surface area contributed by atoms with Crippen molar-refractivity contribution in [2.45, 2.75) is 23.1 Å². The lowest BCUT2D eigenvalue weighted by Gasteiger charge is -2.11. The largest absolute Gasteiger partial charge is 0.496 e. The molecule has 0 saturated carbocycles. The zero-order valence-corrected chi connectivity index (χ0v) is 16.3. The van der Waals surface area contributed by atoms with E-state index >= 15 is 0 Å². The van der Waals surface area contributed by atoms with E-state index in [0.717, 1.165) is 17.1 Å². The minimum atomic E-state index is -3.90. The van der Waals surface area contributed by atoms with Gasteiger partial charge >= 0.3 is 0 Å². The van der Waals surface area contributed by atoms with Crippen molar-refractivity contribution in [1.82, 2.24) is 15.5 Å². The predicted octanol–water partition coefficient (Wildman–Crippen LogP) is 2.21. The second-order valence-corrected chi connectivity index (χ2v) is 8.80. The topological polar surface area (TPSA) is 110 Å². The van der Waals surface area contributed by atoms with Crippen LogP contribution in [0, 0.1) is 0 Å². The summed E-state index contributed by atoms with van der Waals surface area (Å²) in [6, 6.07) is 4.08. The Bertz CT molecular complexity index is 852. The van der Waals surface area contributed by atoms with Gasteiger partial charge in [0, 0.05) is 6.54 Å². The number of hydrogen-bond acceptors (Lipinski definition) is 8. The van der Waals surface area contributed by atoms with Gasteiger partial charge in [-0.15, -0.1) is 10.2 Å². The van der Waals surface area contributed by atoms with Crippen LogP contribution >= 0.6 is 23.1 Å². The molecule has 1 amide bonds. The highest BCUT2D eigenvalue weighted by molar-refractivity contribution is 8.01. The van der Waals surface area contributed by atoms with Crippen molar-refractivity contribution in [3.63, 3.8) is 0 Å². The van der Waals surface area contributed by atoms with Crippen molar-refractivity contribution in [3.05, 3.63) is 23.8 Å². The minimum absolute atomic E-state index is 0.0607. The third-order valence-corrected chi connectivity index (χ3v) is 6.28. The van der Waals surface area contributed by atoms with Gasteiger partial charge in [0.25, 0.3) is 15.9 Å². The molecule has 0 saturated heterocycles. The molecule has 0 radical (unpaired) electrons. The monoisotopic (exact) mass is 402 g/mol. The van der Waals surface area contributed by atoms with Crippen molar-refractivity contribution < 1.29 is 17.9 Å². The molecule has 2 rings (SSSR count). The number of nitrogens with one attached hydrogen (secondary N) is 2. The smallest absolute Gasteiger partial charge is 0.263 e. The molecule has 1 aromatic carbocycles. The Morgan fingerprint density at radius 3 is 2.72 bits per heavy atom. The molecule has 0 fully saturated rings. The highest BCUT2D eigenvalue weighted by atomic mass is 32.2. The molecule has 0 aliphatic rings. The summed E-state index contributed by atoms with van der Waals surface area (Å²) in [5.74, 6) is 0.701. The maximum atomic E-state index is 12.5. The number of anilines is 1. The van der Waals surface area contributed by atoms with Crippen LogP contribution in [0.2, 0.25) is 0 Å². The fraction of sp³-hybridized carbons (Fsp3) is 0.357.